The number of methoxy groups -OCH3 is 1. The van der Waals surface area contributed by atoms with E-state index in [0.29, 0.717) is 21.9 Å². The van der Waals surface area contributed by atoms with E-state index in [1.54, 1.807) is 31.4 Å². The van der Waals surface area contributed by atoms with E-state index in [2.05, 4.69) is 15.9 Å². The molecule has 0 heterocycles. The molecule has 2 aromatic carbocycles. The Labute approximate surface area is 125 Å². The van der Waals surface area contributed by atoms with Crippen molar-refractivity contribution in [2.45, 2.75) is 6.92 Å². The first-order chi connectivity index (χ1) is 9.02. The molecule has 0 N–H and O–H groups in total. The zero-order valence-corrected chi connectivity index (χ0v) is 12.9. The molecule has 0 aliphatic rings. The molecule has 0 saturated heterocycles. The van der Waals surface area contributed by atoms with Crippen LogP contribution in [-0.4, -0.2) is 12.9 Å². The molecule has 0 aliphatic heterocycles. The van der Waals surface area contributed by atoms with E-state index in [4.69, 9.17) is 16.3 Å². The highest BCUT2D eigenvalue weighted by Gasteiger charge is 2.12. The van der Waals surface area contributed by atoms with Crippen LogP contribution in [0.5, 0.6) is 5.75 Å². The van der Waals surface area contributed by atoms with Gasteiger partial charge in [-0.15, -0.1) is 0 Å². The molecule has 0 atom stereocenters. The van der Waals surface area contributed by atoms with Crippen LogP contribution >= 0.6 is 27.5 Å². The van der Waals surface area contributed by atoms with Gasteiger partial charge in [-0.2, -0.15) is 0 Å². The maximum Gasteiger partial charge on any atom is 0.193 e. The Bertz CT molecular complexity index is 638. The minimum atomic E-state index is -0.0554. The summed E-state index contributed by atoms with van der Waals surface area (Å²) < 4.78 is 6.05. The minimum Gasteiger partial charge on any atom is -0.495 e. The summed E-state index contributed by atoms with van der Waals surface area (Å²) in [5.74, 6) is 0.505. The first-order valence-electron chi connectivity index (χ1n) is 5.67. The lowest BCUT2D eigenvalue weighted by Gasteiger charge is -2.07. The molecule has 2 aromatic rings. The summed E-state index contributed by atoms with van der Waals surface area (Å²) in [5.41, 5.74) is 2.21. The monoisotopic (exact) mass is 338 g/mol. The summed E-state index contributed by atoms with van der Waals surface area (Å²) in [6.45, 7) is 1.95. The normalized spacial score (nSPS) is 10.3. The van der Waals surface area contributed by atoms with Crippen molar-refractivity contribution < 1.29 is 9.53 Å². The fraction of sp³-hybridized carbons (Fsp3) is 0.133. The molecule has 98 valence electrons. The van der Waals surface area contributed by atoms with Crippen LogP contribution in [0.15, 0.2) is 40.9 Å². The molecular weight excluding hydrogens is 328 g/mol. The third-order valence-electron chi connectivity index (χ3n) is 2.83. The second kappa shape index (κ2) is 5.76. The van der Waals surface area contributed by atoms with Gasteiger partial charge in [-0.3, -0.25) is 4.79 Å². The van der Waals surface area contributed by atoms with Gasteiger partial charge in [0.2, 0.25) is 0 Å². The Kier molecular flexibility index (Phi) is 4.27. The molecule has 0 aromatic heterocycles. The average molecular weight is 340 g/mol. The molecule has 0 amide bonds. The number of carbonyl (C=O) groups is 1. The van der Waals surface area contributed by atoms with Crippen molar-refractivity contribution >= 4 is 33.3 Å². The number of ketones is 1. The molecule has 0 radical (unpaired) electrons. The van der Waals surface area contributed by atoms with Gasteiger partial charge in [0, 0.05) is 15.6 Å². The van der Waals surface area contributed by atoms with Gasteiger partial charge in [0.25, 0.3) is 0 Å². The Morgan fingerprint density at radius 1 is 1.16 bits per heavy atom. The number of benzene rings is 2. The Hall–Kier alpha value is -1.32. The molecule has 4 heteroatoms. The smallest absolute Gasteiger partial charge is 0.193 e. The van der Waals surface area contributed by atoms with E-state index in [1.807, 2.05) is 19.1 Å². The maximum atomic E-state index is 12.3. The van der Waals surface area contributed by atoms with Crippen LogP contribution in [0.25, 0.3) is 0 Å². The predicted octanol–water partition coefficient (Wildman–Crippen LogP) is 4.65. The lowest BCUT2D eigenvalue weighted by molar-refractivity contribution is 0.103. The summed E-state index contributed by atoms with van der Waals surface area (Å²) in [7, 11) is 1.54. The SMILES string of the molecule is COc1ccc(C(=O)c2ccc(Br)c(C)c2)cc1Cl. The fourth-order valence-corrected chi connectivity index (χ4v) is 2.26. The maximum absolute atomic E-state index is 12.3. The van der Waals surface area contributed by atoms with Crippen molar-refractivity contribution in [1.82, 2.24) is 0 Å². The van der Waals surface area contributed by atoms with Crippen molar-refractivity contribution in [2.24, 2.45) is 0 Å². The van der Waals surface area contributed by atoms with E-state index in [0.717, 1.165) is 10.0 Å². The van der Waals surface area contributed by atoms with E-state index >= 15 is 0 Å². The number of halogens is 2. The molecule has 19 heavy (non-hydrogen) atoms. The van der Waals surface area contributed by atoms with Gasteiger partial charge in [-0.05, 0) is 48.9 Å². The zero-order chi connectivity index (χ0) is 14.0. The van der Waals surface area contributed by atoms with Crippen LogP contribution < -0.4 is 4.74 Å². The molecule has 0 fully saturated rings. The number of rotatable bonds is 3. The highest BCUT2D eigenvalue weighted by Crippen LogP contribution is 2.26. The quantitative estimate of drug-likeness (QED) is 0.761. The van der Waals surface area contributed by atoms with E-state index < -0.39 is 0 Å². The summed E-state index contributed by atoms with van der Waals surface area (Å²) in [6.07, 6.45) is 0. The van der Waals surface area contributed by atoms with Gasteiger partial charge in [0.05, 0.1) is 12.1 Å². The molecule has 2 rings (SSSR count). The van der Waals surface area contributed by atoms with Crippen LogP contribution in [0.2, 0.25) is 5.02 Å². The van der Waals surface area contributed by atoms with Crippen LogP contribution in [0.3, 0.4) is 0 Å². The van der Waals surface area contributed by atoms with Gasteiger partial charge < -0.3 is 4.74 Å². The highest BCUT2D eigenvalue weighted by atomic mass is 79.9. The summed E-state index contributed by atoms with van der Waals surface area (Å²) in [6, 6.07) is 10.5. The topological polar surface area (TPSA) is 26.3 Å². The van der Waals surface area contributed by atoms with E-state index in [9.17, 15) is 4.79 Å². The van der Waals surface area contributed by atoms with Gasteiger partial charge in [-0.25, -0.2) is 0 Å². The summed E-state index contributed by atoms with van der Waals surface area (Å²) in [5, 5.41) is 0.433. The van der Waals surface area contributed by atoms with Crippen molar-refractivity contribution in [2.75, 3.05) is 7.11 Å². The number of hydrogen-bond donors (Lipinski definition) is 0. The highest BCUT2D eigenvalue weighted by molar-refractivity contribution is 9.10. The Morgan fingerprint density at radius 3 is 2.37 bits per heavy atom. The second-order valence-electron chi connectivity index (χ2n) is 4.14. The predicted molar refractivity (Wildman–Crippen MR) is 80.3 cm³/mol. The summed E-state index contributed by atoms with van der Waals surface area (Å²) >= 11 is 9.45. The van der Waals surface area contributed by atoms with Crippen LogP contribution in [0.4, 0.5) is 0 Å². The lowest BCUT2D eigenvalue weighted by atomic mass is 10.0. The van der Waals surface area contributed by atoms with Gasteiger partial charge in [0.15, 0.2) is 5.78 Å². The first kappa shape index (κ1) is 14.1. The molecule has 0 bridgehead atoms. The number of hydrogen-bond acceptors (Lipinski definition) is 2. The van der Waals surface area contributed by atoms with E-state index in [-0.39, 0.29) is 5.78 Å². The van der Waals surface area contributed by atoms with Crippen molar-refractivity contribution in [3.63, 3.8) is 0 Å². The average Bonchev–Trinajstić information content (AvgIpc) is 2.41. The minimum absolute atomic E-state index is 0.0554. The molecule has 0 aliphatic carbocycles. The van der Waals surface area contributed by atoms with Crippen molar-refractivity contribution in [3.8, 4) is 5.75 Å². The zero-order valence-electron chi connectivity index (χ0n) is 10.5. The molecule has 0 spiro atoms. The van der Waals surface area contributed by atoms with Crippen LogP contribution in [-0.2, 0) is 0 Å². The Morgan fingerprint density at radius 2 is 1.79 bits per heavy atom. The van der Waals surface area contributed by atoms with Gasteiger partial charge >= 0.3 is 0 Å². The molecule has 2 nitrogen and oxygen atoms in total. The standard InChI is InChI=1S/C15H12BrClO2/c1-9-7-10(3-5-12(9)16)15(18)11-4-6-14(19-2)13(17)8-11/h3-8H,1-2H3. The number of ether oxygens (including phenoxy) is 1. The van der Waals surface area contributed by atoms with Crippen molar-refractivity contribution in [3.05, 3.63) is 62.6 Å². The van der Waals surface area contributed by atoms with E-state index in [1.165, 1.54) is 0 Å². The molecular formula is C15H12BrClO2. The third kappa shape index (κ3) is 2.99. The third-order valence-corrected chi connectivity index (χ3v) is 4.02. The fourth-order valence-electron chi connectivity index (χ4n) is 1.76. The van der Waals surface area contributed by atoms with Gasteiger partial charge in [-0.1, -0.05) is 27.5 Å². The van der Waals surface area contributed by atoms with Crippen LogP contribution in [0, 0.1) is 6.92 Å². The first-order valence-corrected chi connectivity index (χ1v) is 6.84. The lowest BCUT2D eigenvalue weighted by Crippen LogP contribution is -2.02. The largest absolute Gasteiger partial charge is 0.495 e. The Balaban J connectivity index is 2.38. The number of aryl methyl sites for hydroxylation is 1. The number of carbonyl (C=O) groups excluding carboxylic acids is 1. The second-order valence-corrected chi connectivity index (χ2v) is 5.40. The van der Waals surface area contributed by atoms with Crippen LogP contribution in [0.1, 0.15) is 21.5 Å². The molecule has 0 unspecified atom stereocenters. The summed E-state index contributed by atoms with van der Waals surface area (Å²) in [4.78, 5) is 12.3. The van der Waals surface area contributed by atoms with Gasteiger partial charge in [0.1, 0.15) is 5.75 Å². The molecule has 0 saturated carbocycles. The van der Waals surface area contributed by atoms with Crippen molar-refractivity contribution in [1.29, 1.82) is 0 Å².